The molecule has 2 rings (SSSR count). The van der Waals surface area contributed by atoms with Gasteiger partial charge in [-0.1, -0.05) is 12.1 Å². The van der Waals surface area contributed by atoms with Gasteiger partial charge in [0, 0.05) is 31.0 Å². The number of hydrogen-bond donors (Lipinski definition) is 1. The second-order valence-electron chi connectivity index (χ2n) is 4.91. The van der Waals surface area contributed by atoms with Crippen molar-refractivity contribution in [1.82, 2.24) is 9.29 Å². The topological polar surface area (TPSA) is 89.0 Å². The van der Waals surface area contributed by atoms with Crippen LogP contribution in [0.4, 0.5) is 0 Å². The van der Waals surface area contributed by atoms with Crippen molar-refractivity contribution < 1.29 is 23.0 Å². The Kier molecular flexibility index (Phi) is 6.42. The minimum absolute atomic E-state index is 0.169. The normalized spacial score (nSPS) is 12.0. The van der Waals surface area contributed by atoms with E-state index in [1.165, 1.54) is 18.5 Å². The molecule has 8 heteroatoms. The van der Waals surface area contributed by atoms with Crippen LogP contribution in [0.2, 0.25) is 0 Å². The summed E-state index contributed by atoms with van der Waals surface area (Å²) in [7, 11) is 2.77. The molecule has 7 nitrogen and oxygen atoms in total. The maximum atomic E-state index is 11.6. The molecule has 1 N–H and O–H groups in total. The Hall–Kier alpha value is -2.29. The predicted octanol–water partition coefficient (Wildman–Crippen LogP) is 2.02. The SMILES string of the molecule is COC(=O)c1ccc(CN(Cc2cccnc2)S(=O)O)c(OC)c1. The van der Waals surface area contributed by atoms with Gasteiger partial charge in [-0.15, -0.1) is 0 Å². The molecule has 0 bridgehead atoms. The smallest absolute Gasteiger partial charge is 0.337 e. The molecular weight excluding hydrogens is 332 g/mol. The van der Waals surface area contributed by atoms with E-state index in [-0.39, 0.29) is 13.1 Å². The van der Waals surface area contributed by atoms with Crippen molar-refractivity contribution in [2.45, 2.75) is 13.1 Å². The predicted molar refractivity (Wildman–Crippen MR) is 88.6 cm³/mol. The summed E-state index contributed by atoms with van der Waals surface area (Å²) in [5.41, 5.74) is 1.84. The van der Waals surface area contributed by atoms with Gasteiger partial charge in [0.05, 0.1) is 19.8 Å². The van der Waals surface area contributed by atoms with Crippen LogP contribution in [0.25, 0.3) is 0 Å². The summed E-state index contributed by atoms with van der Waals surface area (Å²) in [4.78, 5) is 15.6. The molecule has 0 aliphatic rings. The van der Waals surface area contributed by atoms with Crippen molar-refractivity contribution >= 4 is 17.2 Å². The van der Waals surface area contributed by atoms with Gasteiger partial charge >= 0.3 is 5.97 Å². The molecule has 1 heterocycles. The number of benzene rings is 1. The zero-order valence-electron chi connectivity index (χ0n) is 13.3. The average Bonchev–Trinajstić information content (AvgIpc) is 2.61. The van der Waals surface area contributed by atoms with E-state index in [1.54, 1.807) is 36.7 Å². The lowest BCUT2D eigenvalue weighted by Gasteiger charge is -2.19. The minimum Gasteiger partial charge on any atom is -0.496 e. The van der Waals surface area contributed by atoms with Gasteiger partial charge in [0.2, 0.25) is 11.3 Å². The molecule has 0 amide bonds. The average molecular weight is 350 g/mol. The number of methoxy groups -OCH3 is 2. The van der Waals surface area contributed by atoms with Crippen LogP contribution in [0, 0.1) is 0 Å². The van der Waals surface area contributed by atoms with Gasteiger partial charge in [-0.25, -0.2) is 9.00 Å². The molecule has 24 heavy (non-hydrogen) atoms. The van der Waals surface area contributed by atoms with Crippen LogP contribution in [-0.4, -0.2) is 38.2 Å². The number of carbonyl (C=O) groups is 1. The van der Waals surface area contributed by atoms with E-state index in [2.05, 4.69) is 9.72 Å². The number of ether oxygens (including phenoxy) is 2. The summed E-state index contributed by atoms with van der Waals surface area (Å²) in [6.45, 7) is 0.418. The third kappa shape index (κ3) is 4.60. The highest BCUT2D eigenvalue weighted by molar-refractivity contribution is 7.76. The third-order valence-corrected chi connectivity index (χ3v) is 4.06. The van der Waals surface area contributed by atoms with Crippen LogP contribution in [0.1, 0.15) is 21.5 Å². The zero-order valence-corrected chi connectivity index (χ0v) is 14.2. The third-order valence-electron chi connectivity index (χ3n) is 3.36. The molecule has 128 valence electrons. The van der Waals surface area contributed by atoms with Gasteiger partial charge in [0.25, 0.3) is 0 Å². The largest absolute Gasteiger partial charge is 0.496 e. The minimum atomic E-state index is -2.17. The Morgan fingerprint density at radius 2 is 2.08 bits per heavy atom. The van der Waals surface area contributed by atoms with E-state index in [0.29, 0.717) is 16.9 Å². The summed E-state index contributed by atoms with van der Waals surface area (Å²) in [6, 6.07) is 8.40. The Morgan fingerprint density at radius 3 is 2.67 bits per heavy atom. The lowest BCUT2D eigenvalue weighted by molar-refractivity contribution is 0.0600. The summed E-state index contributed by atoms with van der Waals surface area (Å²) in [5, 5.41) is 0. The van der Waals surface area contributed by atoms with Gasteiger partial charge < -0.3 is 9.47 Å². The molecule has 0 saturated heterocycles. The number of aromatic nitrogens is 1. The quantitative estimate of drug-likeness (QED) is 0.607. The number of pyridine rings is 1. The molecule has 1 aromatic heterocycles. The van der Waals surface area contributed by atoms with E-state index in [0.717, 1.165) is 5.56 Å². The van der Waals surface area contributed by atoms with E-state index in [9.17, 15) is 13.6 Å². The Balaban J connectivity index is 2.22. The van der Waals surface area contributed by atoms with E-state index >= 15 is 0 Å². The number of carbonyl (C=O) groups excluding carboxylic acids is 1. The van der Waals surface area contributed by atoms with Crippen molar-refractivity contribution in [3.63, 3.8) is 0 Å². The van der Waals surface area contributed by atoms with Gasteiger partial charge in [-0.3, -0.25) is 9.54 Å². The summed E-state index contributed by atoms with van der Waals surface area (Å²) in [6.07, 6.45) is 3.27. The number of hydrogen-bond acceptors (Lipinski definition) is 5. The monoisotopic (exact) mass is 350 g/mol. The molecule has 0 aliphatic carbocycles. The van der Waals surface area contributed by atoms with Crippen LogP contribution in [-0.2, 0) is 29.1 Å². The molecule has 1 unspecified atom stereocenters. The van der Waals surface area contributed by atoms with Gasteiger partial charge in [0.1, 0.15) is 5.75 Å². The molecule has 2 aromatic rings. The van der Waals surface area contributed by atoms with Crippen molar-refractivity contribution in [3.05, 3.63) is 59.4 Å². The van der Waals surface area contributed by atoms with Gasteiger partial charge in [-0.2, -0.15) is 4.31 Å². The number of rotatable bonds is 7. The second kappa shape index (κ2) is 8.53. The van der Waals surface area contributed by atoms with E-state index in [1.807, 2.05) is 6.07 Å². The highest BCUT2D eigenvalue weighted by Gasteiger charge is 2.17. The molecule has 0 spiro atoms. The van der Waals surface area contributed by atoms with Crippen LogP contribution in [0.5, 0.6) is 5.75 Å². The van der Waals surface area contributed by atoms with Crippen molar-refractivity contribution in [2.75, 3.05) is 14.2 Å². The van der Waals surface area contributed by atoms with Crippen molar-refractivity contribution in [2.24, 2.45) is 0 Å². The molecule has 1 aromatic carbocycles. The highest BCUT2D eigenvalue weighted by Crippen LogP contribution is 2.23. The molecule has 0 radical (unpaired) electrons. The van der Waals surface area contributed by atoms with Crippen LogP contribution in [0.3, 0.4) is 0 Å². The second-order valence-corrected chi connectivity index (χ2v) is 5.89. The first-order chi connectivity index (χ1) is 11.5. The van der Waals surface area contributed by atoms with Crippen LogP contribution in [0.15, 0.2) is 42.7 Å². The van der Waals surface area contributed by atoms with E-state index in [4.69, 9.17) is 4.74 Å². The van der Waals surface area contributed by atoms with Crippen molar-refractivity contribution in [3.8, 4) is 5.75 Å². The maximum absolute atomic E-state index is 11.6. The van der Waals surface area contributed by atoms with Crippen molar-refractivity contribution in [1.29, 1.82) is 0 Å². The van der Waals surface area contributed by atoms with Crippen LogP contribution >= 0.6 is 0 Å². The fourth-order valence-corrected chi connectivity index (χ4v) is 2.68. The fourth-order valence-electron chi connectivity index (χ4n) is 2.17. The summed E-state index contributed by atoms with van der Waals surface area (Å²) >= 11 is -2.17. The lowest BCUT2D eigenvalue weighted by Crippen LogP contribution is -2.25. The standard InChI is InChI=1S/C16H18N2O5S/c1-22-15-8-13(16(19)23-2)5-6-14(15)11-18(24(20)21)10-12-4-3-7-17-9-12/h3-9H,10-11H2,1-2H3,(H,20,21). The Morgan fingerprint density at radius 1 is 1.29 bits per heavy atom. The summed E-state index contributed by atoms with van der Waals surface area (Å²) in [5.74, 6) is -0.0302. The van der Waals surface area contributed by atoms with E-state index < -0.39 is 17.2 Å². The Bertz CT molecular complexity index is 724. The fraction of sp³-hybridized carbons (Fsp3) is 0.250. The maximum Gasteiger partial charge on any atom is 0.337 e. The molecule has 0 aliphatic heterocycles. The Labute approximate surface area is 142 Å². The van der Waals surface area contributed by atoms with Gasteiger partial charge in [-0.05, 0) is 23.8 Å². The summed E-state index contributed by atoms with van der Waals surface area (Å²) < 4.78 is 32.5. The molecule has 0 fully saturated rings. The van der Waals surface area contributed by atoms with Crippen LogP contribution < -0.4 is 4.74 Å². The first-order valence-corrected chi connectivity index (χ1v) is 8.11. The molecular formula is C16H18N2O5S. The molecule has 1 atom stereocenters. The van der Waals surface area contributed by atoms with Gasteiger partial charge in [0.15, 0.2) is 0 Å². The first-order valence-electron chi connectivity index (χ1n) is 7.05. The highest BCUT2D eigenvalue weighted by atomic mass is 32.2. The lowest BCUT2D eigenvalue weighted by atomic mass is 10.1. The number of esters is 1. The zero-order chi connectivity index (χ0) is 17.5. The first kappa shape index (κ1) is 18.1. The molecule has 0 saturated carbocycles. The number of nitrogens with zero attached hydrogens (tertiary/aromatic N) is 2.